The molecule has 0 amide bonds. The molecule has 114 valence electrons. The van der Waals surface area contributed by atoms with Crippen LogP contribution in [0, 0.1) is 0 Å². The Morgan fingerprint density at radius 3 is 2.36 bits per heavy atom. The smallest absolute Gasteiger partial charge is 0.331 e. The summed E-state index contributed by atoms with van der Waals surface area (Å²) in [5.41, 5.74) is 1.46. The van der Waals surface area contributed by atoms with Crippen LogP contribution in [0.15, 0.2) is 60.0 Å². The average Bonchev–Trinajstić information content (AvgIpc) is 2.49. The van der Waals surface area contributed by atoms with Gasteiger partial charge in [0.2, 0.25) is 12.3 Å². The number of hydrogen-bond donors (Lipinski definition) is 0. The maximum Gasteiger partial charge on any atom is 0.331 e. The number of benzene rings is 1. The quantitative estimate of drug-likeness (QED) is 0.220. The van der Waals surface area contributed by atoms with E-state index in [2.05, 4.69) is 9.99 Å². The second-order valence-corrected chi connectivity index (χ2v) is 4.41. The number of hydrogen-bond acceptors (Lipinski definition) is 4. The molecule has 0 spiro atoms. The lowest BCUT2D eigenvalue weighted by atomic mass is 10.1. The maximum atomic E-state index is 12.0. The van der Waals surface area contributed by atoms with Gasteiger partial charge in [-0.1, -0.05) is 35.5 Å². The van der Waals surface area contributed by atoms with Crippen molar-refractivity contribution in [2.24, 2.45) is 5.16 Å². The fraction of sp³-hybridized carbons (Fsp3) is 0.125. The van der Waals surface area contributed by atoms with Gasteiger partial charge < -0.3 is 21.8 Å². The molecule has 0 saturated carbocycles. The van der Waals surface area contributed by atoms with E-state index in [1.54, 1.807) is 41.2 Å². The average molecular weight is 363 g/mol. The molecule has 1 heterocycles. The van der Waals surface area contributed by atoms with Gasteiger partial charge in [-0.2, -0.15) is 4.57 Å². The van der Waals surface area contributed by atoms with E-state index in [-0.39, 0.29) is 29.3 Å². The number of nitrogens with zero attached hydrogens (tertiary/aromatic N) is 2. The molecular formula is C16H15BrN2O3. The van der Waals surface area contributed by atoms with Crippen LogP contribution in [-0.2, 0) is 16.2 Å². The van der Waals surface area contributed by atoms with Crippen molar-refractivity contribution < 1.29 is 36.0 Å². The summed E-state index contributed by atoms with van der Waals surface area (Å²) in [6.45, 7) is 1.55. The molecule has 2 aromatic rings. The Balaban J connectivity index is 0.00000242. The number of rotatable bonds is 5. The zero-order valence-electron chi connectivity index (χ0n) is 12.0. The van der Waals surface area contributed by atoms with Gasteiger partial charge in [0.25, 0.3) is 0 Å². The highest BCUT2D eigenvalue weighted by Crippen LogP contribution is 2.00. The minimum Gasteiger partial charge on any atom is -1.00 e. The molecule has 0 aliphatic rings. The molecular weight excluding hydrogens is 348 g/mol. The molecule has 0 aliphatic carbocycles. The van der Waals surface area contributed by atoms with Crippen LogP contribution in [0.1, 0.15) is 22.8 Å². The third-order valence-electron chi connectivity index (χ3n) is 2.72. The van der Waals surface area contributed by atoms with Crippen molar-refractivity contribution >= 4 is 18.0 Å². The van der Waals surface area contributed by atoms with Crippen LogP contribution in [0.4, 0.5) is 0 Å². The SMILES string of the molecule is CC(=O)O/N=C\c1cc[n+](CC(=O)c2ccccc2)cc1.[Br-]. The largest absolute Gasteiger partial charge is 1.00 e. The predicted molar refractivity (Wildman–Crippen MR) is 76.8 cm³/mol. The van der Waals surface area contributed by atoms with Gasteiger partial charge in [0, 0.05) is 30.2 Å². The second-order valence-electron chi connectivity index (χ2n) is 4.41. The first kappa shape index (κ1) is 17.7. The van der Waals surface area contributed by atoms with Crippen LogP contribution in [0.5, 0.6) is 0 Å². The zero-order valence-corrected chi connectivity index (χ0v) is 13.6. The summed E-state index contributed by atoms with van der Waals surface area (Å²) in [7, 11) is 0. The minimum atomic E-state index is -0.467. The number of halogens is 1. The molecule has 1 aromatic heterocycles. The minimum absolute atomic E-state index is 0. The lowest BCUT2D eigenvalue weighted by Gasteiger charge is -1.98. The molecule has 0 N–H and O–H groups in total. The van der Waals surface area contributed by atoms with E-state index in [0.29, 0.717) is 5.56 Å². The van der Waals surface area contributed by atoms with Crippen molar-refractivity contribution in [3.63, 3.8) is 0 Å². The number of carbonyl (C=O) groups is 2. The van der Waals surface area contributed by atoms with Gasteiger partial charge in [-0.25, -0.2) is 4.79 Å². The van der Waals surface area contributed by atoms with E-state index in [0.717, 1.165) is 5.56 Å². The van der Waals surface area contributed by atoms with Crippen molar-refractivity contribution in [3.05, 3.63) is 66.0 Å². The summed E-state index contributed by atoms with van der Waals surface area (Å²) in [6.07, 6.45) is 4.98. The molecule has 0 unspecified atom stereocenters. The molecule has 1 aromatic carbocycles. The van der Waals surface area contributed by atoms with E-state index in [4.69, 9.17) is 0 Å². The molecule has 0 aliphatic heterocycles. The highest BCUT2D eigenvalue weighted by molar-refractivity contribution is 5.94. The van der Waals surface area contributed by atoms with Gasteiger partial charge >= 0.3 is 5.97 Å². The highest BCUT2D eigenvalue weighted by Gasteiger charge is 2.11. The molecule has 2 rings (SSSR count). The van der Waals surface area contributed by atoms with Crippen molar-refractivity contribution in [2.45, 2.75) is 13.5 Å². The van der Waals surface area contributed by atoms with E-state index in [1.807, 2.05) is 18.2 Å². The Morgan fingerprint density at radius 1 is 1.14 bits per heavy atom. The molecule has 0 atom stereocenters. The molecule has 22 heavy (non-hydrogen) atoms. The fourth-order valence-electron chi connectivity index (χ4n) is 1.70. The van der Waals surface area contributed by atoms with Gasteiger partial charge in [0.1, 0.15) is 0 Å². The highest BCUT2D eigenvalue weighted by atomic mass is 79.9. The molecule has 0 radical (unpaired) electrons. The number of ketones is 1. The third-order valence-corrected chi connectivity index (χ3v) is 2.72. The molecule has 0 bridgehead atoms. The zero-order chi connectivity index (χ0) is 15.1. The summed E-state index contributed by atoms with van der Waals surface area (Å²) in [6, 6.07) is 12.7. The van der Waals surface area contributed by atoms with E-state index >= 15 is 0 Å². The Kier molecular flexibility index (Phi) is 7.12. The third kappa shape index (κ3) is 5.57. The second kappa shape index (κ2) is 8.84. The molecule has 0 saturated heterocycles. The van der Waals surface area contributed by atoms with Gasteiger partial charge in [0.15, 0.2) is 12.4 Å². The number of carbonyl (C=O) groups excluding carboxylic acids is 2. The number of pyridine rings is 1. The van der Waals surface area contributed by atoms with Crippen LogP contribution in [0.3, 0.4) is 0 Å². The first-order chi connectivity index (χ1) is 10.1. The lowest BCUT2D eigenvalue weighted by molar-refractivity contribution is -0.683. The summed E-state index contributed by atoms with van der Waals surface area (Å²) in [5.74, 6) is -0.423. The van der Waals surface area contributed by atoms with Crippen LogP contribution in [-0.4, -0.2) is 18.0 Å². The van der Waals surface area contributed by atoms with Gasteiger partial charge in [-0.15, -0.1) is 0 Å². The van der Waals surface area contributed by atoms with Gasteiger partial charge in [-0.3, -0.25) is 4.79 Å². The normalized spacial score (nSPS) is 10.0. The standard InChI is InChI=1S/C16H15N2O3.BrH/c1-13(19)21-17-11-14-7-9-18(10-8-14)12-16(20)15-5-3-2-4-6-15;/h2-11H,12H2,1H3;1H/q+1;/p-1/b17-11-;. The lowest BCUT2D eigenvalue weighted by Crippen LogP contribution is -3.00. The Morgan fingerprint density at radius 2 is 1.77 bits per heavy atom. The van der Waals surface area contributed by atoms with Crippen molar-refractivity contribution in [1.82, 2.24) is 0 Å². The van der Waals surface area contributed by atoms with Crippen LogP contribution in [0.25, 0.3) is 0 Å². The maximum absolute atomic E-state index is 12.0. The van der Waals surface area contributed by atoms with E-state index in [1.165, 1.54) is 13.1 Å². The van der Waals surface area contributed by atoms with Crippen molar-refractivity contribution in [2.75, 3.05) is 0 Å². The first-order valence-electron chi connectivity index (χ1n) is 6.43. The number of aromatic nitrogens is 1. The number of Topliss-reactive ketones (excluding diaryl/α,β-unsaturated/α-hetero) is 1. The molecule has 0 fully saturated rings. The van der Waals surface area contributed by atoms with Crippen molar-refractivity contribution in [1.29, 1.82) is 0 Å². The van der Waals surface area contributed by atoms with Crippen LogP contribution < -0.4 is 21.5 Å². The summed E-state index contributed by atoms with van der Waals surface area (Å²) in [5, 5.41) is 3.53. The monoisotopic (exact) mass is 362 g/mol. The summed E-state index contributed by atoms with van der Waals surface area (Å²) in [4.78, 5) is 27.1. The summed E-state index contributed by atoms with van der Waals surface area (Å²) >= 11 is 0. The van der Waals surface area contributed by atoms with Crippen LogP contribution in [0.2, 0.25) is 0 Å². The van der Waals surface area contributed by atoms with Gasteiger partial charge in [0.05, 0.1) is 6.21 Å². The fourth-order valence-corrected chi connectivity index (χ4v) is 1.70. The van der Waals surface area contributed by atoms with Gasteiger partial charge in [-0.05, 0) is 0 Å². The topological polar surface area (TPSA) is 59.6 Å². The van der Waals surface area contributed by atoms with Crippen LogP contribution >= 0.6 is 0 Å². The van der Waals surface area contributed by atoms with E-state index < -0.39 is 5.97 Å². The van der Waals surface area contributed by atoms with Crippen molar-refractivity contribution in [3.8, 4) is 0 Å². The Labute approximate surface area is 139 Å². The van der Waals surface area contributed by atoms with E-state index in [9.17, 15) is 9.59 Å². The number of oxime groups is 1. The molecule has 6 heteroatoms. The molecule has 5 nitrogen and oxygen atoms in total. The first-order valence-corrected chi connectivity index (χ1v) is 6.43. The predicted octanol–water partition coefficient (Wildman–Crippen LogP) is -1.24. The Hall–Kier alpha value is -2.34. The Bertz CT molecular complexity index is 655. The summed E-state index contributed by atoms with van der Waals surface area (Å²) < 4.78 is 1.78.